The summed E-state index contributed by atoms with van der Waals surface area (Å²) in [6.07, 6.45) is 0.386. The molecule has 1 heterocycles. The molecular weight excluding hydrogens is 332 g/mol. The van der Waals surface area contributed by atoms with Crippen molar-refractivity contribution in [1.29, 1.82) is 0 Å². The van der Waals surface area contributed by atoms with E-state index >= 15 is 0 Å². The maximum Gasteiger partial charge on any atom is 0.223 e. The number of carbonyl (C=O) groups excluding carboxylic acids is 1. The molecule has 2 rings (SSSR count). The number of carbonyl (C=O) groups is 1. The smallest absolute Gasteiger partial charge is 0.223 e. The molecule has 0 saturated carbocycles. The molecule has 0 unspecified atom stereocenters. The van der Waals surface area contributed by atoms with Gasteiger partial charge in [-0.15, -0.1) is 24.8 Å². The normalized spacial score (nSPS) is 14.0. The van der Waals surface area contributed by atoms with Gasteiger partial charge < -0.3 is 20.3 Å². The summed E-state index contributed by atoms with van der Waals surface area (Å²) in [6, 6.07) is 4.92. The number of hydrogen-bond donors (Lipinski definition) is 1. The molecule has 1 aromatic carbocycles. The van der Waals surface area contributed by atoms with Crippen LogP contribution in [-0.4, -0.2) is 50.6 Å². The number of ether oxygens (including phenoxy) is 1. The molecule has 8 heteroatoms. The summed E-state index contributed by atoms with van der Waals surface area (Å²) in [4.78, 5) is 15.6. The van der Waals surface area contributed by atoms with Crippen molar-refractivity contribution in [1.82, 2.24) is 4.90 Å². The Morgan fingerprint density at radius 1 is 1.27 bits per heavy atom. The van der Waals surface area contributed by atoms with Crippen LogP contribution in [-0.2, 0) is 4.79 Å². The molecule has 22 heavy (non-hydrogen) atoms. The third kappa shape index (κ3) is 4.90. The second-order valence-electron chi connectivity index (χ2n) is 4.73. The fraction of sp³-hybridized carbons (Fsp3) is 0.500. The van der Waals surface area contributed by atoms with Crippen LogP contribution in [0.3, 0.4) is 0 Å². The van der Waals surface area contributed by atoms with Gasteiger partial charge in [0.25, 0.3) is 0 Å². The maximum absolute atomic E-state index is 13.7. The first-order valence-electron chi connectivity index (χ1n) is 6.72. The highest BCUT2D eigenvalue weighted by atomic mass is 35.5. The number of nitrogens with zero attached hydrogens (tertiary/aromatic N) is 2. The molecule has 0 bridgehead atoms. The fourth-order valence-corrected chi connectivity index (χ4v) is 2.35. The molecule has 5 nitrogen and oxygen atoms in total. The third-order valence-corrected chi connectivity index (χ3v) is 3.49. The van der Waals surface area contributed by atoms with Crippen LogP contribution < -0.4 is 15.4 Å². The van der Waals surface area contributed by atoms with Crippen molar-refractivity contribution >= 4 is 36.4 Å². The van der Waals surface area contributed by atoms with Crippen molar-refractivity contribution in [3.63, 3.8) is 0 Å². The number of piperazine rings is 1. The average molecular weight is 354 g/mol. The van der Waals surface area contributed by atoms with Crippen LogP contribution in [0.4, 0.5) is 10.1 Å². The van der Waals surface area contributed by atoms with Gasteiger partial charge in [-0.25, -0.2) is 4.39 Å². The van der Waals surface area contributed by atoms with E-state index in [2.05, 4.69) is 4.90 Å². The summed E-state index contributed by atoms with van der Waals surface area (Å²) in [7, 11) is 1.44. The number of nitrogens with two attached hydrogens (primary N) is 1. The van der Waals surface area contributed by atoms with E-state index in [1.54, 1.807) is 6.07 Å². The predicted octanol–water partition coefficient (Wildman–Crippen LogP) is 1.68. The molecule has 1 fully saturated rings. The molecule has 1 aliphatic heterocycles. The second-order valence-corrected chi connectivity index (χ2v) is 4.73. The standard InChI is InChI=1S/C14H20FN3O2.2ClH/c1-20-13-3-2-11(10-12(13)15)17-6-8-18(9-7-17)14(19)4-5-16;;/h2-3,10H,4-9,16H2,1H3;2*1H. The number of benzene rings is 1. The van der Waals surface area contributed by atoms with Crippen molar-refractivity contribution in [3.05, 3.63) is 24.0 Å². The maximum atomic E-state index is 13.7. The molecule has 0 radical (unpaired) electrons. The SMILES string of the molecule is COc1ccc(N2CCN(C(=O)CCN)CC2)cc1F.Cl.Cl. The van der Waals surface area contributed by atoms with Crippen LogP contribution in [0.1, 0.15) is 6.42 Å². The van der Waals surface area contributed by atoms with E-state index in [9.17, 15) is 9.18 Å². The lowest BCUT2D eigenvalue weighted by Crippen LogP contribution is -2.49. The largest absolute Gasteiger partial charge is 0.494 e. The molecule has 0 spiro atoms. The summed E-state index contributed by atoms with van der Waals surface area (Å²) >= 11 is 0. The minimum Gasteiger partial charge on any atom is -0.494 e. The van der Waals surface area contributed by atoms with Gasteiger partial charge in [-0.3, -0.25) is 4.79 Å². The van der Waals surface area contributed by atoms with Crippen molar-refractivity contribution in [3.8, 4) is 5.75 Å². The van der Waals surface area contributed by atoms with E-state index in [0.717, 1.165) is 5.69 Å². The molecule has 0 aromatic heterocycles. The number of rotatable bonds is 4. The van der Waals surface area contributed by atoms with Crippen molar-refractivity contribution in [2.45, 2.75) is 6.42 Å². The van der Waals surface area contributed by atoms with Crippen molar-refractivity contribution in [2.24, 2.45) is 5.73 Å². The highest BCUT2D eigenvalue weighted by molar-refractivity contribution is 5.85. The zero-order valence-electron chi connectivity index (χ0n) is 12.5. The summed E-state index contributed by atoms with van der Waals surface area (Å²) in [6.45, 7) is 3.06. The predicted molar refractivity (Wildman–Crippen MR) is 89.9 cm³/mol. The lowest BCUT2D eigenvalue weighted by Gasteiger charge is -2.36. The molecule has 1 aromatic rings. The fourth-order valence-electron chi connectivity index (χ4n) is 2.35. The van der Waals surface area contributed by atoms with Crippen LogP contribution in [0.25, 0.3) is 0 Å². The van der Waals surface area contributed by atoms with Gasteiger partial charge in [0.05, 0.1) is 7.11 Å². The molecule has 0 atom stereocenters. The van der Waals surface area contributed by atoms with Crippen LogP contribution in [0, 0.1) is 5.82 Å². The third-order valence-electron chi connectivity index (χ3n) is 3.49. The Morgan fingerprint density at radius 2 is 1.91 bits per heavy atom. The van der Waals surface area contributed by atoms with E-state index in [-0.39, 0.29) is 42.3 Å². The molecule has 126 valence electrons. The lowest BCUT2D eigenvalue weighted by molar-refractivity contribution is -0.131. The van der Waals surface area contributed by atoms with Gasteiger partial charge in [0.1, 0.15) is 0 Å². The van der Waals surface area contributed by atoms with Gasteiger partial charge in [0.2, 0.25) is 5.91 Å². The van der Waals surface area contributed by atoms with Gasteiger partial charge >= 0.3 is 0 Å². The number of anilines is 1. The molecular formula is C14H22Cl2FN3O2. The Labute approximate surface area is 142 Å². The highest BCUT2D eigenvalue weighted by Gasteiger charge is 2.21. The van der Waals surface area contributed by atoms with Crippen LogP contribution in [0.2, 0.25) is 0 Å². The van der Waals surface area contributed by atoms with Crippen LogP contribution in [0.5, 0.6) is 5.75 Å². The first-order chi connectivity index (χ1) is 9.65. The van der Waals surface area contributed by atoms with E-state index in [1.165, 1.54) is 13.2 Å². The minimum atomic E-state index is -0.369. The topological polar surface area (TPSA) is 58.8 Å². The number of hydrogen-bond acceptors (Lipinski definition) is 4. The highest BCUT2D eigenvalue weighted by Crippen LogP contribution is 2.24. The van der Waals surface area contributed by atoms with Gasteiger partial charge in [-0.05, 0) is 12.1 Å². The van der Waals surface area contributed by atoms with E-state index < -0.39 is 0 Å². The molecule has 2 N–H and O–H groups in total. The zero-order chi connectivity index (χ0) is 14.5. The first-order valence-corrected chi connectivity index (χ1v) is 6.72. The molecule has 1 saturated heterocycles. The van der Waals surface area contributed by atoms with E-state index in [0.29, 0.717) is 39.1 Å². The Bertz CT molecular complexity index is 483. The van der Waals surface area contributed by atoms with Crippen molar-refractivity contribution < 1.29 is 13.9 Å². The lowest BCUT2D eigenvalue weighted by atomic mass is 10.2. The van der Waals surface area contributed by atoms with E-state index in [4.69, 9.17) is 10.5 Å². The summed E-state index contributed by atoms with van der Waals surface area (Å²) < 4.78 is 18.6. The van der Waals surface area contributed by atoms with Crippen LogP contribution in [0.15, 0.2) is 18.2 Å². The molecule has 1 amide bonds. The average Bonchev–Trinajstić information content (AvgIpc) is 2.47. The zero-order valence-corrected chi connectivity index (χ0v) is 14.1. The Hall–Kier alpha value is -1.24. The van der Waals surface area contributed by atoms with Crippen LogP contribution >= 0.6 is 24.8 Å². The Morgan fingerprint density at radius 3 is 2.41 bits per heavy atom. The number of halogens is 3. The summed E-state index contributed by atoms with van der Waals surface area (Å²) in [5.74, 6) is -0.0368. The monoisotopic (exact) mass is 353 g/mol. The number of methoxy groups -OCH3 is 1. The second kappa shape index (κ2) is 9.71. The van der Waals surface area contributed by atoms with Gasteiger partial charge in [0.15, 0.2) is 11.6 Å². The first kappa shape index (κ1) is 20.8. The molecule has 0 aliphatic carbocycles. The Kier molecular flexibility index (Phi) is 9.16. The summed E-state index contributed by atoms with van der Waals surface area (Å²) in [5.41, 5.74) is 6.20. The summed E-state index contributed by atoms with van der Waals surface area (Å²) in [5, 5.41) is 0. The Balaban J connectivity index is 0.00000220. The minimum absolute atomic E-state index is 0. The number of amides is 1. The van der Waals surface area contributed by atoms with E-state index in [1.807, 2.05) is 11.0 Å². The molecule has 1 aliphatic rings. The van der Waals surface area contributed by atoms with Crippen molar-refractivity contribution in [2.75, 3.05) is 44.7 Å². The van der Waals surface area contributed by atoms with Gasteiger partial charge in [-0.2, -0.15) is 0 Å². The van der Waals surface area contributed by atoms with Gasteiger partial charge in [-0.1, -0.05) is 0 Å². The van der Waals surface area contributed by atoms with Gasteiger partial charge in [0, 0.05) is 50.9 Å². The quantitative estimate of drug-likeness (QED) is 0.894.